The van der Waals surface area contributed by atoms with Gasteiger partial charge in [-0.3, -0.25) is 19.2 Å². The van der Waals surface area contributed by atoms with E-state index in [0.717, 1.165) is 12.8 Å². The Bertz CT molecular complexity index is 598. The molecule has 2 aliphatic rings. The summed E-state index contributed by atoms with van der Waals surface area (Å²) in [5.41, 5.74) is -3.98. The Morgan fingerprint density at radius 2 is 1.11 bits per heavy atom. The predicted octanol–water partition coefficient (Wildman–Crippen LogP) is 3.24. The molecule has 2 atom stereocenters. The third-order valence-electron chi connectivity index (χ3n) is 6.91. The van der Waals surface area contributed by atoms with Crippen LogP contribution >= 0.6 is 0 Å². The minimum Gasteiger partial charge on any atom is -0.480 e. The van der Waals surface area contributed by atoms with Gasteiger partial charge in [0.1, 0.15) is 0 Å². The van der Waals surface area contributed by atoms with Gasteiger partial charge in [-0.05, 0) is 37.5 Å². The Hall–Kier alpha value is -2.12. The van der Waals surface area contributed by atoms with Crippen LogP contribution in [-0.4, -0.2) is 44.3 Å². The quantitative estimate of drug-likeness (QED) is 0.516. The van der Waals surface area contributed by atoms with Crippen molar-refractivity contribution in [2.24, 2.45) is 22.7 Å². The summed E-state index contributed by atoms with van der Waals surface area (Å²) >= 11 is 0. The molecule has 4 N–H and O–H groups in total. The first kappa shape index (κ1) is 22.2. The highest BCUT2D eigenvalue weighted by Gasteiger charge is 2.57. The van der Waals surface area contributed by atoms with Crippen molar-refractivity contribution in [1.29, 1.82) is 0 Å². The van der Waals surface area contributed by atoms with Crippen molar-refractivity contribution in [3.8, 4) is 0 Å². The number of carbonyl (C=O) groups is 4. The van der Waals surface area contributed by atoms with Gasteiger partial charge in [-0.15, -0.1) is 0 Å². The van der Waals surface area contributed by atoms with Gasteiger partial charge in [-0.2, -0.15) is 0 Å². The molecule has 0 spiro atoms. The molecular weight excluding hydrogens is 368 g/mol. The first-order valence-electron chi connectivity index (χ1n) is 10.1. The average molecular weight is 398 g/mol. The van der Waals surface area contributed by atoms with Gasteiger partial charge in [0.05, 0.1) is 0 Å². The molecule has 0 aromatic carbocycles. The van der Waals surface area contributed by atoms with Crippen LogP contribution in [0, 0.1) is 22.7 Å². The van der Waals surface area contributed by atoms with E-state index >= 15 is 0 Å². The van der Waals surface area contributed by atoms with E-state index in [9.17, 15) is 39.6 Å². The number of hydrogen-bond donors (Lipinski definition) is 4. The van der Waals surface area contributed by atoms with Crippen molar-refractivity contribution in [2.75, 3.05) is 0 Å². The fourth-order valence-corrected chi connectivity index (χ4v) is 5.30. The van der Waals surface area contributed by atoms with E-state index in [1.807, 2.05) is 0 Å². The normalized spacial score (nSPS) is 28.0. The predicted molar refractivity (Wildman–Crippen MR) is 97.8 cm³/mol. The monoisotopic (exact) mass is 398 g/mol. The number of hydrogen-bond acceptors (Lipinski definition) is 4. The molecule has 0 aliphatic heterocycles. The van der Waals surface area contributed by atoms with Crippen LogP contribution in [0.3, 0.4) is 0 Å². The molecule has 28 heavy (non-hydrogen) atoms. The maximum absolute atomic E-state index is 12.2. The first-order chi connectivity index (χ1) is 13.2. The fourth-order valence-electron chi connectivity index (χ4n) is 5.30. The van der Waals surface area contributed by atoms with Gasteiger partial charge in [-0.1, -0.05) is 51.4 Å². The van der Waals surface area contributed by atoms with Crippen molar-refractivity contribution in [3.63, 3.8) is 0 Å². The zero-order valence-electron chi connectivity index (χ0n) is 16.1. The standard InChI is InChI=1S/C20H30O8/c21-15(22)19(16(23)24)10-6-3-4-8-13(12-19)14-9-5-1-2-7-11-20(14,17(25)26)18(27)28/h13-14H,1-12H2,(H,21,22)(H,23,24)(H,25,26)(H,27,28). The van der Waals surface area contributed by atoms with Crippen molar-refractivity contribution >= 4 is 23.9 Å². The molecule has 2 unspecified atom stereocenters. The largest absolute Gasteiger partial charge is 0.480 e. The summed E-state index contributed by atoms with van der Waals surface area (Å²) in [6, 6.07) is 0. The van der Waals surface area contributed by atoms with Crippen molar-refractivity contribution in [2.45, 2.75) is 77.0 Å². The van der Waals surface area contributed by atoms with E-state index < -0.39 is 46.5 Å². The summed E-state index contributed by atoms with van der Waals surface area (Å²) < 4.78 is 0. The summed E-state index contributed by atoms with van der Waals surface area (Å²) in [7, 11) is 0. The fraction of sp³-hybridized carbons (Fsp3) is 0.800. The van der Waals surface area contributed by atoms with Crippen molar-refractivity contribution in [1.82, 2.24) is 0 Å². The molecule has 0 amide bonds. The van der Waals surface area contributed by atoms with Gasteiger partial charge in [0.15, 0.2) is 10.8 Å². The molecule has 0 aromatic heterocycles. The zero-order valence-corrected chi connectivity index (χ0v) is 16.1. The summed E-state index contributed by atoms with van der Waals surface area (Å²) in [5, 5.41) is 39.3. The van der Waals surface area contributed by atoms with Gasteiger partial charge in [0.25, 0.3) is 0 Å². The molecule has 0 heterocycles. The van der Waals surface area contributed by atoms with Crippen LogP contribution in [0.25, 0.3) is 0 Å². The Kier molecular flexibility index (Phi) is 7.06. The van der Waals surface area contributed by atoms with Crippen LogP contribution in [0.2, 0.25) is 0 Å². The second-order valence-electron chi connectivity index (χ2n) is 8.40. The number of carboxylic acids is 4. The van der Waals surface area contributed by atoms with E-state index in [2.05, 4.69) is 0 Å². The lowest BCUT2D eigenvalue weighted by molar-refractivity contribution is -0.175. The van der Waals surface area contributed by atoms with E-state index in [0.29, 0.717) is 44.9 Å². The molecule has 0 saturated heterocycles. The molecule has 8 nitrogen and oxygen atoms in total. The maximum atomic E-state index is 12.2. The van der Waals surface area contributed by atoms with Gasteiger partial charge in [-0.25, -0.2) is 0 Å². The maximum Gasteiger partial charge on any atom is 0.321 e. The average Bonchev–Trinajstić information content (AvgIpc) is 2.54. The van der Waals surface area contributed by atoms with E-state index in [1.54, 1.807) is 0 Å². The molecule has 2 fully saturated rings. The second kappa shape index (κ2) is 8.92. The molecule has 2 aliphatic carbocycles. The van der Waals surface area contributed by atoms with Crippen LogP contribution in [0.1, 0.15) is 77.0 Å². The molecule has 0 aromatic rings. The molecule has 2 saturated carbocycles. The van der Waals surface area contributed by atoms with Crippen molar-refractivity contribution in [3.05, 3.63) is 0 Å². The lowest BCUT2D eigenvalue weighted by atomic mass is 9.58. The smallest absolute Gasteiger partial charge is 0.321 e. The molecular formula is C20H30O8. The Labute approximate surface area is 163 Å². The van der Waals surface area contributed by atoms with Crippen LogP contribution in [0.15, 0.2) is 0 Å². The third-order valence-corrected chi connectivity index (χ3v) is 6.91. The van der Waals surface area contributed by atoms with Gasteiger partial charge in [0, 0.05) is 0 Å². The van der Waals surface area contributed by atoms with Gasteiger partial charge < -0.3 is 20.4 Å². The SMILES string of the molecule is O=C(O)C1(C(=O)O)CCCCCC(C2CCCCCCC2(C(=O)O)C(=O)O)C1. The lowest BCUT2D eigenvalue weighted by Gasteiger charge is -2.43. The molecule has 158 valence electrons. The summed E-state index contributed by atoms with van der Waals surface area (Å²) in [4.78, 5) is 48.3. The number of rotatable bonds is 5. The minimum absolute atomic E-state index is 0.00796. The Morgan fingerprint density at radius 1 is 0.607 bits per heavy atom. The molecule has 0 bridgehead atoms. The first-order valence-corrected chi connectivity index (χ1v) is 10.1. The Balaban J connectivity index is 2.52. The summed E-state index contributed by atoms with van der Waals surface area (Å²) in [6.07, 6.45) is 5.17. The minimum atomic E-state index is -1.99. The molecule has 2 rings (SSSR count). The van der Waals surface area contributed by atoms with Gasteiger partial charge >= 0.3 is 23.9 Å². The lowest BCUT2D eigenvalue weighted by Crippen LogP contribution is -2.51. The van der Waals surface area contributed by atoms with Crippen LogP contribution in [0.4, 0.5) is 0 Å². The highest BCUT2D eigenvalue weighted by Crippen LogP contribution is 2.50. The number of carboxylic acid groups (broad SMARTS) is 4. The van der Waals surface area contributed by atoms with Crippen LogP contribution in [-0.2, 0) is 19.2 Å². The highest BCUT2D eigenvalue weighted by molar-refractivity contribution is 5.99. The highest BCUT2D eigenvalue weighted by atomic mass is 16.4. The third kappa shape index (κ3) is 4.00. The molecule has 8 heteroatoms. The number of aliphatic carboxylic acids is 4. The van der Waals surface area contributed by atoms with Crippen LogP contribution < -0.4 is 0 Å². The van der Waals surface area contributed by atoms with E-state index in [1.165, 1.54) is 0 Å². The molecule has 0 radical (unpaired) electrons. The van der Waals surface area contributed by atoms with E-state index in [-0.39, 0.29) is 19.3 Å². The zero-order chi connectivity index (χ0) is 20.9. The second-order valence-corrected chi connectivity index (χ2v) is 8.40. The van der Waals surface area contributed by atoms with Crippen LogP contribution in [0.5, 0.6) is 0 Å². The summed E-state index contributed by atoms with van der Waals surface area (Å²) in [6.45, 7) is 0. The van der Waals surface area contributed by atoms with Crippen molar-refractivity contribution < 1.29 is 39.6 Å². The van der Waals surface area contributed by atoms with E-state index in [4.69, 9.17) is 0 Å². The topological polar surface area (TPSA) is 149 Å². The summed E-state index contributed by atoms with van der Waals surface area (Å²) in [5.74, 6) is -6.99. The Morgan fingerprint density at radius 3 is 1.68 bits per heavy atom. The van der Waals surface area contributed by atoms with Gasteiger partial charge in [0.2, 0.25) is 0 Å².